The van der Waals surface area contributed by atoms with Gasteiger partial charge in [-0.1, -0.05) is 32.4 Å². The molecule has 0 saturated carbocycles. The first-order valence-corrected chi connectivity index (χ1v) is 13.4. The summed E-state index contributed by atoms with van der Waals surface area (Å²) in [4.78, 5) is 11.6. The molecule has 1 atom stereocenters. The Balaban J connectivity index is 2.14. The molecular formula is C31H37F2N3O2. The van der Waals surface area contributed by atoms with Crippen molar-refractivity contribution in [2.75, 3.05) is 20.2 Å². The lowest BCUT2D eigenvalue weighted by Crippen LogP contribution is -2.41. The van der Waals surface area contributed by atoms with Gasteiger partial charge in [0, 0.05) is 42.2 Å². The van der Waals surface area contributed by atoms with E-state index in [1.807, 2.05) is 20.8 Å². The number of pyridine rings is 1. The van der Waals surface area contributed by atoms with Gasteiger partial charge in [-0.05, 0) is 73.1 Å². The number of fused-ring (bicyclic) bond motifs is 1. The van der Waals surface area contributed by atoms with Crippen LogP contribution in [0, 0.1) is 17.6 Å². The highest BCUT2D eigenvalue weighted by atomic mass is 19.1. The minimum absolute atomic E-state index is 0.0287. The van der Waals surface area contributed by atoms with Gasteiger partial charge in [0.15, 0.2) is 11.7 Å². The van der Waals surface area contributed by atoms with Crippen molar-refractivity contribution in [1.82, 2.24) is 9.88 Å². The molecule has 0 bridgehead atoms. The molecule has 1 aliphatic heterocycles. The van der Waals surface area contributed by atoms with E-state index in [4.69, 9.17) is 9.73 Å². The monoisotopic (exact) mass is 521 g/mol. The number of aliphatic imine (C=N–C) groups is 1. The fourth-order valence-corrected chi connectivity index (χ4v) is 5.35. The molecule has 0 aliphatic carbocycles. The summed E-state index contributed by atoms with van der Waals surface area (Å²) in [6.07, 6.45) is 4.86. The maximum Gasteiger partial charge on any atom is 0.186 e. The van der Waals surface area contributed by atoms with E-state index in [9.17, 15) is 9.50 Å². The summed E-state index contributed by atoms with van der Waals surface area (Å²) in [6.45, 7) is 11.4. The number of likely N-dealkylation sites (tertiary alicyclic amines) is 1. The van der Waals surface area contributed by atoms with Gasteiger partial charge in [-0.25, -0.2) is 8.78 Å². The van der Waals surface area contributed by atoms with Gasteiger partial charge in [-0.2, -0.15) is 4.99 Å². The van der Waals surface area contributed by atoms with Crippen LogP contribution in [0.1, 0.15) is 59.4 Å². The third-order valence-corrected chi connectivity index (χ3v) is 7.49. The molecule has 5 nitrogen and oxygen atoms in total. The molecule has 1 fully saturated rings. The number of nitrogens with zero attached hydrogens (tertiary/aromatic N) is 3. The Morgan fingerprint density at radius 3 is 2.63 bits per heavy atom. The van der Waals surface area contributed by atoms with Crippen LogP contribution >= 0.6 is 0 Å². The molecule has 0 radical (unpaired) electrons. The highest BCUT2D eigenvalue weighted by Gasteiger charge is 2.23. The van der Waals surface area contributed by atoms with Gasteiger partial charge in [0.2, 0.25) is 0 Å². The van der Waals surface area contributed by atoms with Crippen LogP contribution in [0.4, 0.5) is 8.78 Å². The molecule has 0 amide bonds. The largest absolute Gasteiger partial charge is 0.508 e. The lowest BCUT2D eigenvalue weighted by atomic mass is 9.94. The van der Waals surface area contributed by atoms with Crippen molar-refractivity contribution in [2.45, 2.75) is 60.3 Å². The van der Waals surface area contributed by atoms with Crippen molar-refractivity contribution >= 4 is 28.1 Å². The summed E-state index contributed by atoms with van der Waals surface area (Å²) in [5.41, 5.74) is 1.77. The van der Waals surface area contributed by atoms with Gasteiger partial charge in [0.1, 0.15) is 23.1 Å². The molecule has 1 unspecified atom stereocenters. The van der Waals surface area contributed by atoms with E-state index >= 15 is 4.39 Å². The third-order valence-electron chi connectivity index (χ3n) is 7.49. The van der Waals surface area contributed by atoms with Crippen molar-refractivity contribution in [3.05, 3.63) is 58.1 Å². The van der Waals surface area contributed by atoms with Crippen LogP contribution < -0.4 is 10.4 Å². The van der Waals surface area contributed by atoms with Gasteiger partial charge < -0.3 is 14.7 Å². The van der Waals surface area contributed by atoms with E-state index in [2.05, 4.69) is 16.8 Å². The fraction of sp³-hybridized carbons (Fsp3) is 0.419. The molecule has 2 heterocycles. The standard InChI is InChI=1S/C31H37F2N3O2/c1-7-19(4)27-25(31(35-20(5)38-6)36-13-9-10-18(3)17-36)16-34-30(29(27)33)24-15-22(37)14-21-11-12-26(32)23(8-2)28(21)24/h11-12,14-16,18,37H,7-10,13,17H2,1-6H3/b27-19?,31-25+,35-20+. The first kappa shape index (κ1) is 27.6. The SMILES string of the molecule is CCC(C)=c1c(F)c(-c2cc(O)cc3ccc(F)c(CC)c23)nc/c1=C(/N=C(\C)OC)N1CCCC(C)C1. The summed E-state index contributed by atoms with van der Waals surface area (Å²) in [7, 11) is 1.57. The molecule has 3 aromatic rings. The van der Waals surface area contributed by atoms with Gasteiger partial charge >= 0.3 is 0 Å². The molecule has 7 heteroatoms. The van der Waals surface area contributed by atoms with Crippen LogP contribution in [0.2, 0.25) is 0 Å². The topological polar surface area (TPSA) is 58.0 Å². The number of aromatic nitrogens is 1. The summed E-state index contributed by atoms with van der Waals surface area (Å²) in [6, 6.07) is 6.03. The number of rotatable bonds is 5. The molecule has 4 rings (SSSR count). The van der Waals surface area contributed by atoms with Gasteiger partial charge in [0.05, 0.1) is 7.11 Å². The number of halogens is 2. The van der Waals surface area contributed by atoms with Crippen molar-refractivity contribution in [2.24, 2.45) is 10.9 Å². The first-order valence-electron chi connectivity index (χ1n) is 13.4. The van der Waals surface area contributed by atoms with Gasteiger partial charge in [-0.15, -0.1) is 0 Å². The minimum Gasteiger partial charge on any atom is -0.508 e. The number of benzene rings is 2. The van der Waals surface area contributed by atoms with Crippen LogP contribution in [-0.2, 0) is 11.2 Å². The molecule has 38 heavy (non-hydrogen) atoms. The summed E-state index contributed by atoms with van der Waals surface area (Å²) >= 11 is 0. The second-order valence-corrected chi connectivity index (χ2v) is 10.2. The number of piperidine rings is 1. The van der Waals surface area contributed by atoms with E-state index in [1.165, 1.54) is 12.1 Å². The highest BCUT2D eigenvalue weighted by molar-refractivity contribution is 5.99. The Bertz CT molecular complexity index is 1510. The van der Waals surface area contributed by atoms with Crippen molar-refractivity contribution in [3.8, 4) is 17.0 Å². The smallest absolute Gasteiger partial charge is 0.186 e. The highest BCUT2D eigenvalue weighted by Crippen LogP contribution is 2.36. The van der Waals surface area contributed by atoms with E-state index in [-0.39, 0.29) is 17.3 Å². The van der Waals surface area contributed by atoms with Crippen LogP contribution in [0.3, 0.4) is 0 Å². The zero-order valence-electron chi connectivity index (χ0n) is 23.2. The molecule has 1 saturated heterocycles. The van der Waals surface area contributed by atoms with Gasteiger partial charge in [0.25, 0.3) is 0 Å². The van der Waals surface area contributed by atoms with Crippen molar-refractivity contribution in [3.63, 3.8) is 0 Å². The number of ether oxygens (including phenoxy) is 1. The molecular weight excluding hydrogens is 484 g/mol. The van der Waals surface area contributed by atoms with E-state index in [0.29, 0.717) is 62.8 Å². The number of phenols is 1. The Hall–Kier alpha value is -3.48. The predicted octanol–water partition coefficient (Wildman–Crippen LogP) is 5.89. The Labute approximate surface area is 223 Å². The summed E-state index contributed by atoms with van der Waals surface area (Å²) in [5.74, 6) is 0.698. The lowest BCUT2D eigenvalue weighted by molar-refractivity contribution is 0.255. The van der Waals surface area contributed by atoms with Crippen LogP contribution in [0.5, 0.6) is 5.75 Å². The zero-order chi connectivity index (χ0) is 27.6. The molecule has 1 aromatic heterocycles. The number of methoxy groups -OCH3 is 1. The van der Waals surface area contributed by atoms with Gasteiger partial charge in [-0.3, -0.25) is 4.98 Å². The normalized spacial score (nSPS) is 18.1. The van der Waals surface area contributed by atoms with E-state index in [0.717, 1.165) is 31.5 Å². The maximum atomic E-state index is 16.7. The molecule has 1 N–H and O–H groups in total. The molecule has 0 spiro atoms. The maximum absolute atomic E-state index is 16.7. The van der Waals surface area contributed by atoms with Crippen LogP contribution in [0.25, 0.3) is 33.4 Å². The number of phenolic OH excluding ortho intramolecular Hbond substituents is 1. The van der Waals surface area contributed by atoms with Crippen molar-refractivity contribution in [1.29, 1.82) is 0 Å². The number of hydrogen-bond acceptors (Lipinski definition) is 5. The second kappa shape index (κ2) is 11.5. The number of hydrogen-bond donors (Lipinski definition) is 1. The Morgan fingerprint density at radius 1 is 1.21 bits per heavy atom. The van der Waals surface area contributed by atoms with Crippen LogP contribution in [-0.4, -0.2) is 41.1 Å². The predicted molar refractivity (Wildman–Crippen MR) is 150 cm³/mol. The number of aromatic hydroxyl groups is 1. The van der Waals surface area contributed by atoms with E-state index in [1.54, 1.807) is 32.4 Å². The lowest BCUT2D eigenvalue weighted by Gasteiger charge is -2.33. The molecule has 1 aliphatic rings. The zero-order valence-corrected chi connectivity index (χ0v) is 23.2. The number of aryl methyl sites for hydroxylation is 1. The summed E-state index contributed by atoms with van der Waals surface area (Å²) < 4.78 is 36.9. The average molecular weight is 522 g/mol. The van der Waals surface area contributed by atoms with Crippen LogP contribution in [0.15, 0.2) is 35.5 Å². The Kier molecular flexibility index (Phi) is 8.34. The summed E-state index contributed by atoms with van der Waals surface area (Å²) in [5, 5.41) is 12.7. The average Bonchev–Trinajstić information content (AvgIpc) is 2.90. The quantitative estimate of drug-likeness (QED) is 0.336. The first-order chi connectivity index (χ1) is 18.2. The van der Waals surface area contributed by atoms with Crippen molar-refractivity contribution < 1.29 is 18.6 Å². The van der Waals surface area contributed by atoms with E-state index < -0.39 is 5.82 Å². The molecule has 2 aromatic carbocycles. The fourth-order valence-electron chi connectivity index (χ4n) is 5.35. The third kappa shape index (κ3) is 5.24. The second-order valence-electron chi connectivity index (χ2n) is 10.2. The Morgan fingerprint density at radius 2 is 1.97 bits per heavy atom. The molecule has 202 valence electrons. The minimum atomic E-state index is -0.507.